The van der Waals surface area contributed by atoms with E-state index < -0.39 is 18.3 Å². The number of nitrogen functional groups attached to an aromatic ring is 1. The van der Waals surface area contributed by atoms with E-state index >= 15 is 0 Å². The molecule has 1 aliphatic heterocycles. The number of rotatable bonds is 2. The Morgan fingerprint density at radius 1 is 1.27 bits per heavy atom. The fourth-order valence-electron chi connectivity index (χ4n) is 2.86. The van der Waals surface area contributed by atoms with E-state index in [0.717, 1.165) is 20.0 Å². The Morgan fingerprint density at radius 2 is 1.97 bits per heavy atom. The quantitative estimate of drug-likeness (QED) is 0.572. The summed E-state index contributed by atoms with van der Waals surface area (Å²) in [7, 11) is 0. The van der Waals surface area contributed by atoms with E-state index in [9.17, 15) is 17.6 Å². The predicted octanol–water partition coefficient (Wildman–Crippen LogP) is 4.83. The summed E-state index contributed by atoms with van der Waals surface area (Å²) in [5.41, 5.74) is 6.76. The van der Waals surface area contributed by atoms with E-state index in [4.69, 9.17) is 22.1 Å². The summed E-state index contributed by atoms with van der Waals surface area (Å²) in [5.74, 6) is -1.13. The van der Waals surface area contributed by atoms with Crippen molar-refractivity contribution in [3.05, 3.63) is 41.2 Å². The minimum Gasteiger partial charge on any atom is -0.378 e. The first-order chi connectivity index (χ1) is 14.2. The van der Waals surface area contributed by atoms with Gasteiger partial charge in [0, 0.05) is 12.2 Å². The van der Waals surface area contributed by atoms with Crippen molar-refractivity contribution in [2.75, 3.05) is 18.9 Å². The zero-order chi connectivity index (χ0) is 21.9. The van der Waals surface area contributed by atoms with Gasteiger partial charge in [0.05, 0.1) is 18.7 Å². The van der Waals surface area contributed by atoms with Gasteiger partial charge in [-0.25, -0.2) is 18.9 Å². The van der Waals surface area contributed by atoms with E-state index in [0.29, 0.717) is 29.9 Å². The van der Waals surface area contributed by atoms with E-state index in [1.54, 1.807) is 12.1 Å². The zero-order valence-electron chi connectivity index (χ0n) is 16.0. The van der Waals surface area contributed by atoms with Crippen molar-refractivity contribution in [3.63, 3.8) is 0 Å². The Bertz CT molecular complexity index is 987. The summed E-state index contributed by atoms with van der Waals surface area (Å²) in [5, 5.41) is 4.21. The number of halogens is 5. The molecule has 1 aromatic carbocycles. The molecule has 11 heteroatoms. The monoisotopic (exact) mass is 445 g/mol. The van der Waals surface area contributed by atoms with Crippen LogP contribution in [0.2, 0.25) is 5.15 Å². The highest BCUT2D eigenvalue weighted by atomic mass is 35.5. The maximum atomic E-state index is 12.7. The fourth-order valence-corrected chi connectivity index (χ4v) is 3.07. The molecule has 0 bridgehead atoms. The summed E-state index contributed by atoms with van der Waals surface area (Å²) >= 11 is 6.02. The number of anilines is 1. The van der Waals surface area contributed by atoms with Gasteiger partial charge in [-0.2, -0.15) is 13.2 Å². The Morgan fingerprint density at radius 3 is 2.50 bits per heavy atom. The number of nitrogens with zero attached hydrogens (tertiary/aromatic N) is 4. The van der Waals surface area contributed by atoms with Crippen LogP contribution in [0.15, 0.2) is 30.5 Å². The SMILES string of the molecule is CC(c1ccc(-c2nc(Cl)c3cnc(N)nn23)cc1)C(F)(F)F.FC1CCCOC1. The van der Waals surface area contributed by atoms with Crippen molar-refractivity contribution < 1.29 is 22.3 Å². The highest BCUT2D eigenvalue weighted by Crippen LogP contribution is 2.35. The molecule has 3 aromatic rings. The molecule has 0 aliphatic carbocycles. The van der Waals surface area contributed by atoms with Crippen LogP contribution in [0.1, 0.15) is 31.2 Å². The van der Waals surface area contributed by atoms with Gasteiger partial charge < -0.3 is 10.5 Å². The van der Waals surface area contributed by atoms with Crippen LogP contribution in [0.4, 0.5) is 23.5 Å². The smallest absolute Gasteiger partial charge is 0.378 e. The lowest BCUT2D eigenvalue weighted by atomic mass is 9.99. The van der Waals surface area contributed by atoms with Crippen LogP contribution in [-0.2, 0) is 4.74 Å². The molecule has 162 valence electrons. The van der Waals surface area contributed by atoms with Crippen molar-refractivity contribution in [2.24, 2.45) is 0 Å². The summed E-state index contributed by atoms with van der Waals surface area (Å²) in [6.07, 6.45) is -1.96. The number of hydrogen-bond acceptors (Lipinski definition) is 5. The lowest BCUT2D eigenvalue weighted by Gasteiger charge is -2.16. The zero-order valence-corrected chi connectivity index (χ0v) is 16.8. The molecule has 0 saturated carbocycles. The van der Waals surface area contributed by atoms with Crippen molar-refractivity contribution in [3.8, 4) is 11.4 Å². The molecular weight excluding hydrogens is 426 g/mol. The van der Waals surface area contributed by atoms with Crippen LogP contribution in [0, 0.1) is 0 Å². The molecule has 1 aliphatic rings. The molecule has 1 saturated heterocycles. The van der Waals surface area contributed by atoms with Gasteiger partial charge in [0.25, 0.3) is 0 Å². The van der Waals surface area contributed by atoms with Crippen molar-refractivity contribution in [1.82, 2.24) is 19.6 Å². The average molecular weight is 446 g/mol. The summed E-state index contributed by atoms with van der Waals surface area (Å²) in [6, 6.07) is 5.90. The van der Waals surface area contributed by atoms with Crippen molar-refractivity contribution >= 4 is 23.1 Å². The maximum absolute atomic E-state index is 12.7. The first kappa shape index (κ1) is 22.2. The van der Waals surface area contributed by atoms with E-state index in [1.807, 2.05) is 0 Å². The highest BCUT2D eigenvalue weighted by Gasteiger charge is 2.36. The predicted molar refractivity (Wildman–Crippen MR) is 105 cm³/mol. The second kappa shape index (κ2) is 9.13. The van der Waals surface area contributed by atoms with E-state index in [1.165, 1.54) is 22.8 Å². The van der Waals surface area contributed by atoms with Gasteiger partial charge in [-0.1, -0.05) is 35.9 Å². The lowest BCUT2D eigenvalue weighted by molar-refractivity contribution is -0.146. The number of ether oxygens (including phenoxy) is 1. The van der Waals surface area contributed by atoms with Crippen LogP contribution in [-0.4, -0.2) is 45.1 Å². The third kappa shape index (κ3) is 5.17. The Kier molecular flexibility index (Phi) is 6.77. The molecule has 0 amide bonds. The van der Waals surface area contributed by atoms with Crippen LogP contribution in [0.3, 0.4) is 0 Å². The normalized spacial score (nSPS) is 18.0. The molecule has 30 heavy (non-hydrogen) atoms. The molecule has 0 spiro atoms. The van der Waals surface area contributed by atoms with E-state index in [-0.39, 0.29) is 16.7 Å². The average Bonchev–Trinajstić information content (AvgIpc) is 3.03. The minimum absolute atomic E-state index is 0.0372. The van der Waals surface area contributed by atoms with Crippen LogP contribution in [0.25, 0.3) is 16.9 Å². The second-order valence-corrected chi connectivity index (χ2v) is 7.20. The summed E-state index contributed by atoms with van der Waals surface area (Å²) < 4.78 is 56.5. The first-order valence-electron chi connectivity index (χ1n) is 9.22. The van der Waals surface area contributed by atoms with E-state index in [2.05, 4.69) is 15.1 Å². The molecular formula is C19H20ClF4N5O. The van der Waals surface area contributed by atoms with Gasteiger partial charge in [0.1, 0.15) is 11.7 Å². The largest absolute Gasteiger partial charge is 0.395 e. The number of imidazole rings is 1. The van der Waals surface area contributed by atoms with Crippen molar-refractivity contribution in [2.45, 2.75) is 38.0 Å². The summed E-state index contributed by atoms with van der Waals surface area (Å²) in [6.45, 7) is 2.19. The molecule has 6 nitrogen and oxygen atoms in total. The van der Waals surface area contributed by atoms with Gasteiger partial charge in [0.15, 0.2) is 11.0 Å². The molecule has 2 N–H and O–H groups in total. The molecule has 2 atom stereocenters. The third-order valence-corrected chi connectivity index (χ3v) is 4.91. The maximum Gasteiger partial charge on any atom is 0.395 e. The first-order valence-corrected chi connectivity index (χ1v) is 9.60. The molecule has 2 unspecified atom stereocenters. The van der Waals surface area contributed by atoms with Gasteiger partial charge in [-0.15, -0.1) is 5.10 Å². The standard InChI is InChI=1S/C14H11ClF3N5.C5H9FO/c1-7(14(16,17)18)8-2-4-9(5-3-8)12-21-11(15)10-6-20-13(19)22-23(10)12;6-5-2-1-3-7-4-5/h2-7H,1H3,(H2,19,22);5H,1-4H2. The highest BCUT2D eigenvalue weighted by molar-refractivity contribution is 6.32. The Balaban J connectivity index is 0.000000310. The summed E-state index contributed by atoms with van der Waals surface area (Å²) in [4.78, 5) is 8.01. The number of benzene rings is 1. The second-order valence-electron chi connectivity index (χ2n) is 6.84. The number of alkyl halides is 4. The van der Waals surface area contributed by atoms with Crippen molar-refractivity contribution in [1.29, 1.82) is 0 Å². The minimum atomic E-state index is -4.29. The van der Waals surface area contributed by atoms with Gasteiger partial charge >= 0.3 is 6.18 Å². The lowest BCUT2D eigenvalue weighted by Crippen LogP contribution is -2.17. The topological polar surface area (TPSA) is 78.3 Å². The van der Waals surface area contributed by atoms with Crippen LogP contribution < -0.4 is 5.73 Å². The van der Waals surface area contributed by atoms with Crippen LogP contribution >= 0.6 is 11.6 Å². The molecule has 1 fully saturated rings. The van der Waals surface area contributed by atoms with Gasteiger partial charge in [0.2, 0.25) is 5.95 Å². The third-order valence-electron chi connectivity index (χ3n) is 4.63. The molecule has 4 rings (SSSR count). The number of fused-ring (bicyclic) bond motifs is 1. The molecule has 2 aromatic heterocycles. The van der Waals surface area contributed by atoms with Crippen LogP contribution in [0.5, 0.6) is 0 Å². The van der Waals surface area contributed by atoms with Gasteiger partial charge in [-0.05, 0) is 25.3 Å². The fraction of sp³-hybridized carbons (Fsp3) is 0.421. The number of nitrogens with two attached hydrogens (primary N) is 1. The molecule has 0 radical (unpaired) electrons. The Hall–Kier alpha value is -2.46. The Labute approximate surface area is 175 Å². The van der Waals surface area contributed by atoms with Gasteiger partial charge in [-0.3, -0.25) is 0 Å². The number of hydrogen-bond donors (Lipinski definition) is 1. The molecule has 3 heterocycles. The number of aromatic nitrogens is 4.